The van der Waals surface area contributed by atoms with E-state index in [1.807, 2.05) is 0 Å². The predicted octanol–water partition coefficient (Wildman–Crippen LogP) is 0.485. The SMILES string of the molecule is CC(C)N(C=O)C(C(=O)O)C1CCCO1. The maximum atomic E-state index is 11.1. The molecule has 0 bridgehead atoms. The Morgan fingerprint density at radius 1 is 1.60 bits per heavy atom. The van der Waals surface area contributed by atoms with Gasteiger partial charge in [-0.05, 0) is 26.7 Å². The molecule has 0 aliphatic carbocycles. The van der Waals surface area contributed by atoms with Crippen LogP contribution in [0.3, 0.4) is 0 Å². The Kier molecular flexibility index (Phi) is 4.08. The fourth-order valence-electron chi connectivity index (χ4n) is 1.84. The standard InChI is InChI=1S/C10H17NO4/c1-7(2)11(6-12)9(10(13)14)8-4-3-5-15-8/h6-9H,3-5H2,1-2H3,(H,13,14). The van der Waals surface area contributed by atoms with Crippen LogP contribution in [-0.2, 0) is 14.3 Å². The van der Waals surface area contributed by atoms with E-state index in [1.54, 1.807) is 13.8 Å². The molecule has 1 amide bonds. The lowest BCUT2D eigenvalue weighted by molar-refractivity contribution is -0.153. The fraction of sp³-hybridized carbons (Fsp3) is 0.800. The van der Waals surface area contributed by atoms with E-state index in [0.29, 0.717) is 19.4 Å². The topological polar surface area (TPSA) is 66.8 Å². The normalized spacial score (nSPS) is 22.7. The van der Waals surface area contributed by atoms with Gasteiger partial charge in [-0.1, -0.05) is 0 Å². The maximum Gasteiger partial charge on any atom is 0.329 e. The molecule has 0 radical (unpaired) electrons. The van der Waals surface area contributed by atoms with Gasteiger partial charge in [0.05, 0.1) is 6.10 Å². The molecule has 1 fully saturated rings. The van der Waals surface area contributed by atoms with E-state index in [0.717, 1.165) is 6.42 Å². The lowest BCUT2D eigenvalue weighted by Gasteiger charge is -2.31. The van der Waals surface area contributed by atoms with Crippen molar-refractivity contribution in [1.82, 2.24) is 4.90 Å². The van der Waals surface area contributed by atoms with Crippen LogP contribution in [0.2, 0.25) is 0 Å². The van der Waals surface area contributed by atoms with E-state index in [2.05, 4.69) is 0 Å². The first-order valence-electron chi connectivity index (χ1n) is 5.15. The number of rotatable bonds is 5. The van der Waals surface area contributed by atoms with Crippen LogP contribution in [0.5, 0.6) is 0 Å². The van der Waals surface area contributed by atoms with Crippen molar-refractivity contribution in [3.63, 3.8) is 0 Å². The largest absolute Gasteiger partial charge is 0.480 e. The van der Waals surface area contributed by atoms with Crippen LogP contribution in [0.1, 0.15) is 26.7 Å². The third-order valence-electron chi connectivity index (χ3n) is 2.61. The molecule has 1 rings (SSSR count). The maximum absolute atomic E-state index is 11.1. The van der Waals surface area contributed by atoms with Crippen LogP contribution in [0.15, 0.2) is 0 Å². The van der Waals surface area contributed by atoms with Crippen molar-refractivity contribution in [1.29, 1.82) is 0 Å². The molecule has 0 aromatic heterocycles. The van der Waals surface area contributed by atoms with E-state index in [-0.39, 0.29) is 12.1 Å². The molecule has 1 aliphatic heterocycles. The Morgan fingerprint density at radius 3 is 2.60 bits per heavy atom. The Balaban J connectivity index is 2.79. The lowest BCUT2D eigenvalue weighted by Crippen LogP contribution is -2.51. The molecular weight excluding hydrogens is 198 g/mol. The van der Waals surface area contributed by atoms with Crippen LogP contribution in [-0.4, -0.2) is 47.2 Å². The molecule has 5 heteroatoms. The van der Waals surface area contributed by atoms with Crippen LogP contribution < -0.4 is 0 Å². The minimum absolute atomic E-state index is 0.132. The summed E-state index contributed by atoms with van der Waals surface area (Å²) in [6.45, 7) is 4.16. The van der Waals surface area contributed by atoms with Crippen LogP contribution in [0.25, 0.3) is 0 Å². The molecule has 1 aliphatic rings. The summed E-state index contributed by atoms with van der Waals surface area (Å²) in [6, 6.07) is -0.988. The van der Waals surface area contributed by atoms with Gasteiger partial charge in [-0.3, -0.25) is 4.79 Å². The zero-order chi connectivity index (χ0) is 11.4. The number of hydrogen-bond acceptors (Lipinski definition) is 3. The van der Waals surface area contributed by atoms with E-state index in [1.165, 1.54) is 4.90 Å². The van der Waals surface area contributed by atoms with Crippen LogP contribution in [0, 0.1) is 0 Å². The van der Waals surface area contributed by atoms with Crippen LogP contribution in [0.4, 0.5) is 0 Å². The zero-order valence-electron chi connectivity index (χ0n) is 9.05. The molecule has 0 aromatic carbocycles. The Labute approximate surface area is 89.0 Å². The van der Waals surface area contributed by atoms with Crippen molar-refractivity contribution in [3.05, 3.63) is 0 Å². The molecule has 1 N–H and O–H groups in total. The molecule has 86 valence electrons. The van der Waals surface area contributed by atoms with Gasteiger partial charge in [-0.2, -0.15) is 0 Å². The van der Waals surface area contributed by atoms with Crippen molar-refractivity contribution in [2.45, 2.75) is 44.9 Å². The number of carbonyl (C=O) groups excluding carboxylic acids is 1. The summed E-state index contributed by atoms with van der Waals surface area (Å²) < 4.78 is 5.33. The first kappa shape index (κ1) is 12.0. The van der Waals surface area contributed by atoms with E-state index in [9.17, 15) is 9.59 Å². The number of carboxylic acid groups (broad SMARTS) is 1. The third kappa shape index (κ3) is 2.68. The molecule has 1 heterocycles. The zero-order valence-corrected chi connectivity index (χ0v) is 9.05. The monoisotopic (exact) mass is 215 g/mol. The first-order chi connectivity index (χ1) is 7.07. The highest BCUT2D eigenvalue weighted by Gasteiger charge is 2.37. The second-order valence-electron chi connectivity index (χ2n) is 3.98. The molecule has 5 nitrogen and oxygen atoms in total. The van der Waals surface area contributed by atoms with Gasteiger partial charge in [-0.15, -0.1) is 0 Å². The van der Waals surface area contributed by atoms with Crippen LogP contribution >= 0.6 is 0 Å². The van der Waals surface area contributed by atoms with Gasteiger partial charge < -0.3 is 14.7 Å². The second kappa shape index (κ2) is 5.11. The Morgan fingerprint density at radius 2 is 2.27 bits per heavy atom. The first-order valence-corrected chi connectivity index (χ1v) is 5.15. The van der Waals surface area contributed by atoms with Crippen molar-refractivity contribution >= 4 is 12.4 Å². The molecule has 1 saturated heterocycles. The molecule has 2 atom stereocenters. The van der Waals surface area contributed by atoms with Crippen molar-refractivity contribution in [2.24, 2.45) is 0 Å². The summed E-state index contributed by atoms with van der Waals surface area (Å²) in [5.74, 6) is -0.997. The lowest BCUT2D eigenvalue weighted by atomic mass is 10.1. The van der Waals surface area contributed by atoms with E-state index in [4.69, 9.17) is 9.84 Å². The average Bonchev–Trinajstić information content (AvgIpc) is 2.64. The minimum Gasteiger partial charge on any atom is -0.480 e. The second-order valence-corrected chi connectivity index (χ2v) is 3.98. The summed E-state index contributed by atoms with van der Waals surface area (Å²) in [4.78, 5) is 23.3. The van der Waals surface area contributed by atoms with Crippen molar-refractivity contribution < 1.29 is 19.4 Å². The number of amides is 1. The van der Waals surface area contributed by atoms with Gasteiger partial charge in [-0.25, -0.2) is 4.79 Å². The highest BCUT2D eigenvalue weighted by molar-refractivity contribution is 5.77. The number of hydrogen-bond donors (Lipinski definition) is 1. The highest BCUT2D eigenvalue weighted by atomic mass is 16.5. The molecule has 0 aromatic rings. The van der Waals surface area contributed by atoms with Gasteiger partial charge in [0, 0.05) is 12.6 Å². The summed E-state index contributed by atoms with van der Waals surface area (Å²) in [5, 5.41) is 9.10. The number of ether oxygens (including phenoxy) is 1. The quantitative estimate of drug-likeness (QED) is 0.677. The van der Waals surface area contributed by atoms with Crippen molar-refractivity contribution in [3.8, 4) is 0 Å². The molecule has 2 unspecified atom stereocenters. The predicted molar refractivity (Wildman–Crippen MR) is 53.4 cm³/mol. The summed E-state index contributed by atoms with van der Waals surface area (Å²) in [7, 11) is 0. The van der Waals surface area contributed by atoms with E-state index >= 15 is 0 Å². The fourth-order valence-corrected chi connectivity index (χ4v) is 1.84. The minimum atomic E-state index is -0.997. The molecule has 0 spiro atoms. The Bertz CT molecular complexity index is 236. The van der Waals surface area contributed by atoms with Crippen molar-refractivity contribution in [2.75, 3.05) is 6.61 Å². The Hall–Kier alpha value is -1.10. The van der Waals surface area contributed by atoms with Gasteiger partial charge in [0.1, 0.15) is 0 Å². The van der Waals surface area contributed by atoms with Gasteiger partial charge in [0.25, 0.3) is 0 Å². The molecule has 15 heavy (non-hydrogen) atoms. The molecule has 0 saturated carbocycles. The average molecular weight is 215 g/mol. The van der Waals surface area contributed by atoms with E-state index < -0.39 is 12.0 Å². The van der Waals surface area contributed by atoms with Gasteiger partial charge in [0.2, 0.25) is 6.41 Å². The summed E-state index contributed by atoms with van der Waals surface area (Å²) in [6.07, 6.45) is 1.79. The third-order valence-corrected chi connectivity index (χ3v) is 2.61. The van der Waals surface area contributed by atoms with Gasteiger partial charge >= 0.3 is 5.97 Å². The number of carbonyl (C=O) groups is 2. The molecular formula is C10H17NO4. The summed E-state index contributed by atoms with van der Waals surface area (Å²) >= 11 is 0. The van der Waals surface area contributed by atoms with Gasteiger partial charge in [0.15, 0.2) is 6.04 Å². The smallest absolute Gasteiger partial charge is 0.329 e. The number of carboxylic acids is 1. The summed E-state index contributed by atoms with van der Waals surface area (Å²) in [5.41, 5.74) is 0. The number of aliphatic carboxylic acids is 1. The number of nitrogens with zero attached hydrogens (tertiary/aromatic N) is 1. The highest BCUT2D eigenvalue weighted by Crippen LogP contribution is 2.20.